The van der Waals surface area contributed by atoms with Crippen LogP contribution in [0.1, 0.15) is 25.0 Å². The lowest BCUT2D eigenvalue weighted by Crippen LogP contribution is -2.28. The maximum Gasteiger partial charge on any atom is 0.230 e. The lowest BCUT2D eigenvalue weighted by atomic mass is 9.95. The number of fused-ring (bicyclic) bond motifs is 2. The summed E-state index contributed by atoms with van der Waals surface area (Å²) >= 11 is 0. The Hall–Kier alpha value is -3.32. The fourth-order valence-corrected chi connectivity index (χ4v) is 4.38. The molecule has 0 atom stereocenters. The Kier molecular flexibility index (Phi) is 5.81. The van der Waals surface area contributed by atoms with Crippen LogP contribution in [0.5, 0.6) is 23.1 Å². The van der Waals surface area contributed by atoms with Gasteiger partial charge in [-0.2, -0.15) is 0 Å². The van der Waals surface area contributed by atoms with Crippen LogP contribution in [0, 0.1) is 12.8 Å². The summed E-state index contributed by atoms with van der Waals surface area (Å²) in [5.41, 5.74) is 2.73. The minimum absolute atomic E-state index is 0.488. The van der Waals surface area contributed by atoms with Crippen LogP contribution in [0.15, 0.2) is 42.7 Å². The number of piperidine rings is 1. The van der Waals surface area contributed by atoms with Crippen molar-refractivity contribution in [3.63, 3.8) is 0 Å². The maximum absolute atomic E-state index is 6.29. The molecule has 0 bridgehead atoms. The molecule has 2 aromatic heterocycles. The van der Waals surface area contributed by atoms with E-state index < -0.39 is 0 Å². The third kappa shape index (κ3) is 4.08. The van der Waals surface area contributed by atoms with E-state index in [0.717, 1.165) is 52.8 Å². The van der Waals surface area contributed by atoms with Gasteiger partial charge in [0.15, 0.2) is 17.2 Å². The van der Waals surface area contributed by atoms with Crippen molar-refractivity contribution in [1.29, 1.82) is 0 Å². The lowest BCUT2D eigenvalue weighted by Gasteiger charge is -2.22. The topological polar surface area (TPSA) is 81.3 Å². The number of benzene rings is 2. The molecule has 1 aliphatic rings. The molecule has 32 heavy (non-hydrogen) atoms. The predicted octanol–water partition coefficient (Wildman–Crippen LogP) is 4.99. The summed E-state index contributed by atoms with van der Waals surface area (Å²) in [6, 6.07) is 11.9. The number of methoxy groups -OCH3 is 1. The smallest absolute Gasteiger partial charge is 0.230 e. The third-order valence-electron chi connectivity index (χ3n) is 6.16. The highest BCUT2D eigenvalue weighted by molar-refractivity contribution is 5.90. The van der Waals surface area contributed by atoms with Crippen molar-refractivity contribution in [1.82, 2.24) is 20.3 Å². The molecule has 7 heteroatoms. The van der Waals surface area contributed by atoms with E-state index in [-0.39, 0.29) is 0 Å². The van der Waals surface area contributed by atoms with Crippen molar-refractivity contribution in [2.24, 2.45) is 5.92 Å². The summed E-state index contributed by atoms with van der Waals surface area (Å²) in [6.45, 7) is 4.85. The molecule has 5 rings (SSSR count). The third-order valence-corrected chi connectivity index (χ3v) is 6.16. The number of hydrogen-bond donors (Lipinski definition) is 2. The summed E-state index contributed by atoms with van der Waals surface area (Å²) in [4.78, 5) is 12.2. The van der Waals surface area contributed by atoms with Crippen LogP contribution < -0.4 is 19.5 Å². The number of rotatable bonds is 7. The predicted molar refractivity (Wildman–Crippen MR) is 125 cm³/mol. The first-order valence-electron chi connectivity index (χ1n) is 11.1. The number of aryl methyl sites for hydroxylation is 1. The average molecular weight is 433 g/mol. The second kappa shape index (κ2) is 9.04. The van der Waals surface area contributed by atoms with E-state index in [1.54, 1.807) is 7.11 Å². The summed E-state index contributed by atoms with van der Waals surface area (Å²) < 4.78 is 18.0. The first-order valence-corrected chi connectivity index (χ1v) is 11.1. The Morgan fingerprint density at radius 1 is 1.03 bits per heavy atom. The molecule has 1 saturated heterocycles. The number of ether oxygens (including phenoxy) is 3. The molecule has 4 aromatic rings. The van der Waals surface area contributed by atoms with Gasteiger partial charge in [0.25, 0.3) is 0 Å². The highest BCUT2D eigenvalue weighted by Crippen LogP contribution is 2.38. The van der Waals surface area contributed by atoms with Crippen LogP contribution in [0.25, 0.3) is 21.8 Å². The highest BCUT2D eigenvalue weighted by Gasteiger charge is 2.17. The van der Waals surface area contributed by atoms with Gasteiger partial charge in [-0.1, -0.05) is 12.1 Å². The first kappa shape index (κ1) is 20.6. The summed E-state index contributed by atoms with van der Waals surface area (Å²) in [5.74, 6) is 3.31. The fraction of sp³-hybridized carbons (Fsp3) is 0.360. The average Bonchev–Trinajstić information content (AvgIpc) is 3.14. The van der Waals surface area contributed by atoms with Crippen molar-refractivity contribution in [2.45, 2.75) is 26.2 Å². The Morgan fingerprint density at radius 2 is 1.88 bits per heavy atom. The zero-order chi connectivity index (χ0) is 21.9. The lowest BCUT2D eigenvalue weighted by molar-refractivity contribution is 0.243. The molecule has 0 unspecified atom stereocenters. The minimum atomic E-state index is 0.488. The van der Waals surface area contributed by atoms with Gasteiger partial charge in [-0.15, -0.1) is 0 Å². The second-order valence-corrected chi connectivity index (χ2v) is 8.26. The normalized spacial score (nSPS) is 14.7. The summed E-state index contributed by atoms with van der Waals surface area (Å²) in [7, 11) is 1.65. The van der Waals surface area contributed by atoms with E-state index in [2.05, 4.69) is 20.3 Å². The Morgan fingerprint density at radius 3 is 2.72 bits per heavy atom. The monoisotopic (exact) mass is 432 g/mol. The van der Waals surface area contributed by atoms with E-state index >= 15 is 0 Å². The van der Waals surface area contributed by atoms with E-state index in [9.17, 15) is 0 Å². The molecule has 3 heterocycles. The number of nitrogens with zero attached hydrogens (tertiary/aromatic N) is 2. The van der Waals surface area contributed by atoms with Gasteiger partial charge in [0.05, 0.1) is 30.3 Å². The molecule has 0 aliphatic carbocycles. The molecule has 1 aliphatic heterocycles. The summed E-state index contributed by atoms with van der Waals surface area (Å²) in [6.07, 6.45) is 4.98. The van der Waals surface area contributed by atoms with Crippen LogP contribution in [0.2, 0.25) is 0 Å². The van der Waals surface area contributed by atoms with Gasteiger partial charge in [-0.25, -0.2) is 9.97 Å². The van der Waals surface area contributed by atoms with Crippen LogP contribution >= 0.6 is 0 Å². The Labute approximate surface area is 187 Å². The van der Waals surface area contributed by atoms with Crippen LogP contribution in [-0.4, -0.2) is 41.8 Å². The SMILES string of the molecule is COc1cc2c(Oc3c(C)[nH]c4ccccc34)ncnc2cc1OCCC1CCNCC1. The van der Waals surface area contributed by atoms with Gasteiger partial charge in [0, 0.05) is 17.0 Å². The minimum Gasteiger partial charge on any atom is -0.493 e. The van der Waals surface area contributed by atoms with Gasteiger partial charge < -0.3 is 24.5 Å². The van der Waals surface area contributed by atoms with Crippen molar-refractivity contribution >= 4 is 21.8 Å². The van der Waals surface area contributed by atoms with Gasteiger partial charge in [0.1, 0.15) is 6.33 Å². The molecule has 0 saturated carbocycles. The van der Waals surface area contributed by atoms with Crippen molar-refractivity contribution in [3.05, 3.63) is 48.4 Å². The molecular formula is C25H28N4O3. The van der Waals surface area contributed by atoms with Gasteiger partial charge in [0.2, 0.25) is 5.88 Å². The molecule has 0 amide bonds. The van der Waals surface area contributed by atoms with E-state index in [1.165, 1.54) is 19.2 Å². The quantitative estimate of drug-likeness (QED) is 0.428. The molecule has 2 N–H and O–H groups in total. The van der Waals surface area contributed by atoms with Crippen LogP contribution in [0.3, 0.4) is 0 Å². The Balaban J connectivity index is 1.41. The number of nitrogens with one attached hydrogen (secondary N) is 2. The van der Waals surface area contributed by atoms with Crippen LogP contribution in [0.4, 0.5) is 0 Å². The number of aromatic nitrogens is 3. The standard InChI is InChI=1S/C25H28N4O3/c1-16-24(18-5-3-4-6-20(18)29-16)32-25-19-13-22(30-2)23(14-21(19)27-15-28-25)31-12-9-17-7-10-26-11-8-17/h3-6,13-15,17,26,29H,7-12H2,1-2H3. The zero-order valence-electron chi connectivity index (χ0n) is 18.5. The van der Waals surface area contributed by atoms with Gasteiger partial charge in [-0.3, -0.25) is 0 Å². The number of hydrogen-bond acceptors (Lipinski definition) is 6. The molecule has 0 spiro atoms. The number of para-hydroxylation sites is 1. The van der Waals surface area contributed by atoms with Crippen molar-refractivity contribution in [3.8, 4) is 23.1 Å². The number of aromatic amines is 1. The molecule has 1 fully saturated rings. The second-order valence-electron chi connectivity index (χ2n) is 8.26. The van der Waals surface area contributed by atoms with E-state index in [1.807, 2.05) is 43.3 Å². The van der Waals surface area contributed by atoms with Gasteiger partial charge >= 0.3 is 0 Å². The fourth-order valence-electron chi connectivity index (χ4n) is 4.38. The highest BCUT2D eigenvalue weighted by atomic mass is 16.5. The first-order chi connectivity index (χ1) is 15.7. The van der Waals surface area contributed by atoms with E-state index in [4.69, 9.17) is 14.2 Å². The number of H-pyrrole nitrogens is 1. The largest absolute Gasteiger partial charge is 0.493 e. The summed E-state index contributed by atoms with van der Waals surface area (Å²) in [5, 5.41) is 5.20. The molecule has 0 radical (unpaired) electrons. The zero-order valence-corrected chi connectivity index (χ0v) is 18.5. The van der Waals surface area contributed by atoms with Crippen molar-refractivity contribution < 1.29 is 14.2 Å². The molecular weight excluding hydrogens is 404 g/mol. The maximum atomic E-state index is 6.29. The van der Waals surface area contributed by atoms with Gasteiger partial charge in [-0.05, 0) is 63.4 Å². The molecule has 166 valence electrons. The molecule has 2 aromatic carbocycles. The van der Waals surface area contributed by atoms with E-state index in [0.29, 0.717) is 29.9 Å². The van der Waals surface area contributed by atoms with Crippen LogP contribution in [-0.2, 0) is 0 Å². The van der Waals surface area contributed by atoms with Crippen molar-refractivity contribution in [2.75, 3.05) is 26.8 Å². The molecule has 7 nitrogen and oxygen atoms in total. The Bertz CT molecular complexity index is 1230.